The number of hydrogen-bond donors (Lipinski definition) is 1. The quantitative estimate of drug-likeness (QED) is 0.818. The van der Waals surface area contributed by atoms with E-state index in [1.165, 1.54) is 12.1 Å². The minimum atomic E-state index is -1.21. The van der Waals surface area contributed by atoms with Crippen molar-refractivity contribution in [2.75, 3.05) is 36.8 Å². The van der Waals surface area contributed by atoms with Crippen LogP contribution in [-0.2, 0) is 16.0 Å². The van der Waals surface area contributed by atoms with Gasteiger partial charge in [-0.2, -0.15) is 0 Å². The summed E-state index contributed by atoms with van der Waals surface area (Å²) in [7, 11) is 0. The number of nitrogens with zero attached hydrogens (tertiary/aromatic N) is 2. The van der Waals surface area contributed by atoms with Crippen LogP contribution in [0.4, 0.5) is 10.1 Å². The van der Waals surface area contributed by atoms with E-state index >= 15 is 0 Å². The Bertz CT molecular complexity index is 578. The lowest BCUT2D eigenvalue weighted by atomic mass is 10.1. The molecule has 0 radical (unpaired) electrons. The van der Waals surface area contributed by atoms with Crippen LogP contribution in [0.25, 0.3) is 0 Å². The Hall–Kier alpha value is -1.31. The van der Waals surface area contributed by atoms with Crippen molar-refractivity contribution < 1.29 is 13.7 Å². The van der Waals surface area contributed by atoms with Gasteiger partial charge in [0.15, 0.2) is 5.75 Å². The first-order chi connectivity index (χ1) is 11.5. The Morgan fingerprint density at radius 3 is 2.46 bits per heavy atom. The molecule has 2 heterocycles. The molecule has 2 aliphatic heterocycles. The fraction of sp³-hybridized carbons (Fsp3) is 0.588. The fourth-order valence-electron chi connectivity index (χ4n) is 3.50. The smallest absolute Gasteiger partial charge is 0.275 e. The number of nitrogens with one attached hydrogen (secondary N) is 1. The van der Waals surface area contributed by atoms with Crippen LogP contribution in [0.5, 0.6) is 0 Å². The second-order valence-corrected chi connectivity index (χ2v) is 8.03. The Morgan fingerprint density at radius 1 is 1.25 bits per heavy atom. The molecule has 1 aromatic rings. The third-order valence-corrected chi connectivity index (χ3v) is 6.67. The standard InChI is InChI=1S/C17H24FN3O2S/c1-2-3-8-17(19-16(22)13-24(17)23)21-11-9-20(10-12-21)15-6-4-14(18)5-7-15/h4-7H,2-3,8-13H2,1H3,(H,19,22). The molecule has 2 aliphatic rings. The van der Waals surface area contributed by atoms with Gasteiger partial charge in [0, 0.05) is 38.3 Å². The molecule has 0 bridgehead atoms. The molecule has 1 aromatic carbocycles. The van der Waals surface area contributed by atoms with Crippen molar-refractivity contribution in [2.24, 2.45) is 0 Å². The van der Waals surface area contributed by atoms with E-state index in [0.717, 1.165) is 51.1 Å². The predicted molar refractivity (Wildman–Crippen MR) is 93.6 cm³/mol. The molecule has 1 N–H and O–H groups in total. The number of rotatable bonds is 5. The molecule has 0 aromatic heterocycles. The maximum atomic E-state index is 13.1. The lowest BCUT2D eigenvalue weighted by molar-refractivity contribution is -0.120. The molecule has 5 nitrogen and oxygen atoms in total. The van der Waals surface area contributed by atoms with E-state index in [1.54, 1.807) is 12.1 Å². The first kappa shape index (κ1) is 17.5. The number of benzene rings is 1. The highest BCUT2D eigenvalue weighted by Crippen LogP contribution is 2.32. The summed E-state index contributed by atoms with van der Waals surface area (Å²) >= 11 is -1.21. The van der Waals surface area contributed by atoms with E-state index in [1.807, 2.05) is 0 Å². The predicted octanol–water partition coefficient (Wildman–Crippen LogP) is 1.67. The molecule has 0 saturated carbocycles. The van der Waals surface area contributed by atoms with E-state index in [4.69, 9.17) is 0 Å². The molecule has 0 spiro atoms. The number of carbonyl (C=O) groups excluding carboxylic acids is 1. The van der Waals surface area contributed by atoms with Crippen molar-refractivity contribution in [2.45, 2.75) is 31.2 Å². The zero-order chi connectivity index (χ0) is 17.2. The lowest BCUT2D eigenvalue weighted by Crippen LogP contribution is -2.64. The number of hydrogen-bond acceptors (Lipinski definition) is 4. The minimum Gasteiger partial charge on any atom is -0.613 e. The molecule has 0 aliphatic carbocycles. The van der Waals surface area contributed by atoms with Gasteiger partial charge in [-0.25, -0.2) is 9.29 Å². The lowest BCUT2D eigenvalue weighted by Gasteiger charge is -2.44. The molecule has 2 saturated heterocycles. The summed E-state index contributed by atoms with van der Waals surface area (Å²) in [4.78, 5) is 15.5. The van der Waals surface area contributed by atoms with Gasteiger partial charge in [-0.15, -0.1) is 0 Å². The number of unbranched alkanes of at least 4 members (excludes halogenated alkanes) is 1. The summed E-state index contributed by atoms with van der Waals surface area (Å²) in [6.45, 7) is 5.10. The Balaban J connectivity index is 1.69. The molecule has 2 atom stereocenters. The first-order valence-corrected chi connectivity index (χ1v) is 9.82. The highest BCUT2D eigenvalue weighted by atomic mass is 32.2. The molecular formula is C17H24FN3O2S. The minimum absolute atomic E-state index is 0.0991. The molecule has 7 heteroatoms. The summed E-state index contributed by atoms with van der Waals surface area (Å²) in [6, 6.07) is 6.51. The average Bonchev–Trinajstić information content (AvgIpc) is 2.88. The van der Waals surface area contributed by atoms with Crippen molar-refractivity contribution in [3.63, 3.8) is 0 Å². The number of piperazine rings is 1. The van der Waals surface area contributed by atoms with Crippen molar-refractivity contribution in [1.29, 1.82) is 0 Å². The van der Waals surface area contributed by atoms with Gasteiger partial charge in [-0.1, -0.05) is 13.3 Å². The summed E-state index contributed by atoms with van der Waals surface area (Å²) in [5, 5.41) is 3.00. The molecule has 1 amide bonds. The second-order valence-electron chi connectivity index (χ2n) is 6.38. The number of halogens is 1. The monoisotopic (exact) mass is 353 g/mol. The summed E-state index contributed by atoms with van der Waals surface area (Å²) in [5.74, 6) is -0.257. The van der Waals surface area contributed by atoms with E-state index in [2.05, 4.69) is 22.0 Å². The van der Waals surface area contributed by atoms with Crippen molar-refractivity contribution in [3.8, 4) is 0 Å². The van der Waals surface area contributed by atoms with E-state index in [9.17, 15) is 13.7 Å². The van der Waals surface area contributed by atoms with Crippen molar-refractivity contribution in [3.05, 3.63) is 30.1 Å². The van der Waals surface area contributed by atoms with Crippen LogP contribution in [0.1, 0.15) is 26.2 Å². The van der Waals surface area contributed by atoms with Crippen LogP contribution < -0.4 is 10.2 Å². The maximum absolute atomic E-state index is 13.1. The molecular weight excluding hydrogens is 329 g/mol. The van der Waals surface area contributed by atoms with Crippen LogP contribution in [0.15, 0.2) is 24.3 Å². The normalized spacial score (nSPS) is 28.2. The zero-order valence-corrected chi connectivity index (χ0v) is 14.8. The average molecular weight is 353 g/mol. The highest BCUT2D eigenvalue weighted by Gasteiger charge is 2.54. The maximum Gasteiger partial charge on any atom is 0.275 e. The molecule has 3 rings (SSSR count). The fourth-order valence-corrected chi connectivity index (χ4v) is 5.12. The van der Waals surface area contributed by atoms with Gasteiger partial charge >= 0.3 is 0 Å². The van der Waals surface area contributed by atoms with Gasteiger partial charge in [0.1, 0.15) is 5.82 Å². The van der Waals surface area contributed by atoms with Gasteiger partial charge in [-0.3, -0.25) is 10.1 Å². The summed E-state index contributed by atoms with van der Waals surface area (Å²) < 4.78 is 25.7. The van der Waals surface area contributed by atoms with Gasteiger partial charge in [0.05, 0.1) is 0 Å². The third kappa shape index (κ3) is 3.38. The van der Waals surface area contributed by atoms with Gasteiger partial charge in [-0.05, 0) is 41.9 Å². The van der Waals surface area contributed by atoms with Crippen LogP contribution in [0, 0.1) is 5.82 Å². The molecule has 2 unspecified atom stereocenters. The van der Waals surface area contributed by atoms with E-state index < -0.39 is 16.2 Å². The number of amides is 1. The van der Waals surface area contributed by atoms with Crippen molar-refractivity contribution in [1.82, 2.24) is 10.2 Å². The molecule has 24 heavy (non-hydrogen) atoms. The van der Waals surface area contributed by atoms with Gasteiger partial charge in [0.2, 0.25) is 0 Å². The van der Waals surface area contributed by atoms with Crippen molar-refractivity contribution >= 4 is 22.8 Å². The topological polar surface area (TPSA) is 58.6 Å². The molecule has 2 fully saturated rings. The molecule has 132 valence electrons. The van der Waals surface area contributed by atoms with Gasteiger partial charge < -0.3 is 9.45 Å². The van der Waals surface area contributed by atoms with Crippen LogP contribution >= 0.6 is 0 Å². The van der Waals surface area contributed by atoms with E-state index in [0.29, 0.717) is 0 Å². The van der Waals surface area contributed by atoms with Crippen LogP contribution in [0.2, 0.25) is 0 Å². The Labute approximate surface area is 145 Å². The highest BCUT2D eigenvalue weighted by molar-refractivity contribution is 7.93. The number of carbonyl (C=O) groups is 1. The summed E-state index contributed by atoms with van der Waals surface area (Å²) in [5.41, 5.74) is 0.996. The SMILES string of the molecule is CCCCC1(N2CCN(c3ccc(F)cc3)CC2)NC(=O)C[S+]1[O-]. The first-order valence-electron chi connectivity index (χ1n) is 8.50. The van der Waals surface area contributed by atoms with Gasteiger partial charge in [0.25, 0.3) is 10.9 Å². The van der Waals surface area contributed by atoms with Crippen LogP contribution in [-0.4, -0.2) is 52.3 Å². The Kier molecular flexibility index (Phi) is 5.32. The largest absolute Gasteiger partial charge is 0.613 e. The van der Waals surface area contributed by atoms with E-state index in [-0.39, 0.29) is 17.5 Å². The summed E-state index contributed by atoms with van der Waals surface area (Å²) in [6.07, 6.45) is 2.66. The zero-order valence-electron chi connectivity index (χ0n) is 14.0. The van der Waals surface area contributed by atoms with Crippen LogP contribution in [0.3, 0.4) is 0 Å². The third-order valence-electron chi connectivity index (χ3n) is 4.83. The second kappa shape index (κ2) is 7.29. The number of anilines is 1. The Morgan fingerprint density at radius 2 is 1.92 bits per heavy atom.